The highest BCUT2D eigenvalue weighted by Crippen LogP contribution is 2.32. The van der Waals surface area contributed by atoms with E-state index in [2.05, 4.69) is 30.4 Å². The number of likely N-dealkylation sites (N-methyl/N-ethyl adjacent to an activating group) is 1. The van der Waals surface area contributed by atoms with Crippen LogP contribution >= 0.6 is 11.3 Å². The Kier molecular flexibility index (Phi) is 2.86. The number of hydrogen-bond donors (Lipinski definition) is 1. The lowest BCUT2D eigenvalue weighted by atomic mass is 10.1. The first-order chi connectivity index (χ1) is 8.28. The van der Waals surface area contributed by atoms with Crippen LogP contribution in [0.3, 0.4) is 0 Å². The summed E-state index contributed by atoms with van der Waals surface area (Å²) in [6, 6.07) is 6.86. The Hall–Kier alpha value is -0.970. The molecule has 1 fully saturated rings. The number of thiazole rings is 1. The van der Waals surface area contributed by atoms with Gasteiger partial charge in [-0.1, -0.05) is 6.07 Å². The van der Waals surface area contributed by atoms with Gasteiger partial charge in [0.05, 0.1) is 29.3 Å². The summed E-state index contributed by atoms with van der Waals surface area (Å²) in [6.07, 6.45) is 0. The van der Waals surface area contributed by atoms with Gasteiger partial charge in [0.1, 0.15) is 5.01 Å². The largest absolute Gasteiger partial charge is 0.379 e. The van der Waals surface area contributed by atoms with Crippen LogP contribution in [-0.4, -0.2) is 31.3 Å². The fourth-order valence-corrected chi connectivity index (χ4v) is 3.39. The topological polar surface area (TPSA) is 34.1 Å². The summed E-state index contributed by atoms with van der Waals surface area (Å²) in [5.74, 6) is 0.401. The summed E-state index contributed by atoms with van der Waals surface area (Å²) >= 11 is 1.79. The average molecular weight is 248 g/mol. The van der Waals surface area contributed by atoms with Crippen molar-refractivity contribution in [3.63, 3.8) is 0 Å². The lowest BCUT2D eigenvalue weighted by molar-refractivity contribution is 0.188. The van der Waals surface area contributed by atoms with Crippen molar-refractivity contribution in [3.8, 4) is 0 Å². The van der Waals surface area contributed by atoms with Gasteiger partial charge < -0.3 is 10.1 Å². The second-order valence-corrected chi connectivity index (χ2v) is 5.62. The van der Waals surface area contributed by atoms with E-state index >= 15 is 0 Å². The maximum absolute atomic E-state index is 5.54. The van der Waals surface area contributed by atoms with Gasteiger partial charge in [-0.2, -0.15) is 0 Å². The Balaban J connectivity index is 2.00. The molecule has 2 heterocycles. The number of aromatic nitrogens is 1. The molecule has 0 amide bonds. The Bertz CT molecular complexity index is 537. The van der Waals surface area contributed by atoms with Crippen LogP contribution in [0.4, 0.5) is 0 Å². The fourth-order valence-electron chi connectivity index (χ4n) is 2.30. The van der Waals surface area contributed by atoms with Crippen molar-refractivity contribution < 1.29 is 4.74 Å². The molecule has 0 aliphatic carbocycles. The van der Waals surface area contributed by atoms with Gasteiger partial charge in [-0.15, -0.1) is 11.3 Å². The number of nitrogens with one attached hydrogen (secondary N) is 1. The Morgan fingerprint density at radius 2 is 2.29 bits per heavy atom. The van der Waals surface area contributed by atoms with Gasteiger partial charge in [-0.05, 0) is 31.7 Å². The van der Waals surface area contributed by atoms with Crippen LogP contribution in [0.2, 0.25) is 0 Å². The summed E-state index contributed by atoms with van der Waals surface area (Å²) in [5.41, 5.74) is 2.38. The van der Waals surface area contributed by atoms with E-state index in [1.54, 1.807) is 11.3 Å². The zero-order valence-corrected chi connectivity index (χ0v) is 10.9. The zero-order chi connectivity index (χ0) is 11.8. The van der Waals surface area contributed by atoms with E-state index in [9.17, 15) is 0 Å². The number of hydrogen-bond acceptors (Lipinski definition) is 4. The third kappa shape index (κ3) is 1.97. The molecule has 2 atom stereocenters. The minimum Gasteiger partial charge on any atom is -0.379 e. The van der Waals surface area contributed by atoms with Crippen LogP contribution in [0.25, 0.3) is 10.2 Å². The Morgan fingerprint density at radius 1 is 1.41 bits per heavy atom. The first-order valence-corrected chi connectivity index (χ1v) is 6.71. The van der Waals surface area contributed by atoms with Gasteiger partial charge in [0.2, 0.25) is 0 Å². The number of aryl methyl sites for hydroxylation is 1. The lowest BCUT2D eigenvalue weighted by Gasteiger charge is -2.13. The maximum atomic E-state index is 5.54. The maximum Gasteiger partial charge on any atom is 0.101 e. The second-order valence-electron chi connectivity index (χ2n) is 4.56. The molecule has 3 nitrogen and oxygen atoms in total. The molecule has 0 bridgehead atoms. The molecule has 3 rings (SSSR count). The van der Waals surface area contributed by atoms with Crippen LogP contribution in [0.5, 0.6) is 0 Å². The first kappa shape index (κ1) is 11.1. The molecular weight excluding hydrogens is 232 g/mol. The highest BCUT2D eigenvalue weighted by atomic mass is 32.1. The van der Waals surface area contributed by atoms with Crippen molar-refractivity contribution >= 4 is 21.6 Å². The van der Waals surface area contributed by atoms with Crippen molar-refractivity contribution in [1.82, 2.24) is 10.3 Å². The SMILES string of the molecule is CNC1COCC1c1nc2cc(C)ccc2s1. The van der Waals surface area contributed by atoms with Gasteiger partial charge in [0.25, 0.3) is 0 Å². The van der Waals surface area contributed by atoms with Crippen LogP contribution < -0.4 is 5.32 Å². The van der Waals surface area contributed by atoms with E-state index in [0.717, 1.165) is 18.7 Å². The molecule has 0 spiro atoms. The molecule has 2 aromatic rings. The standard InChI is InChI=1S/C13H16N2OS/c1-8-3-4-12-10(5-8)15-13(17-12)9-6-16-7-11(9)14-2/h3-5,9,11,14H,6-7H2,1-2H3. The molecule has 1 saturated heterocycles. The minimum absolute atomic E-state index is 0.400. The first-order valence-electron chi connectivity index (χ1n) is 5.90. The number of fused-ring (bicyclic) bond motifs is 1. The molecule has 1 aliphatic rings. The molecule has 0 radical (unpaired) electrons. The number of rotatable bonds is 2. The van der Waals surface area contributed by atoms with Crippen molar-refractivity contribution in [1.29, 1.82) is 0 Å². The number of nitrogens with zero attached hydrogens (tertiary/aromatic N) is 1. The van der Waals surface area contributed by atoms with Crippen LogP contribution in [-0.2, 0) is 4.74 Å². The average Bonchev–Trinajstić information content (AvgIpc) is 2.93. The molecule has 1 aromatic heterocycles. The molecule has 1 aromatic carbocycles. The molecule has 2 unspecified atom stereocenters. The van der Waals surface area contributed by atoms with E-state index in [1.165, 1.54) is 15.3 Å². The molecular formula is C13H16N2OS. The smallest absolute Gasteiger partial charge is 0.101 e. The molecule has 0 saturated carbocycles. The van der Waals surface area contributed by atoms with Crippen LogP contribution in [0, 0.1) is 6.92 Å². The Labute approximate surface area is 105 Å². The molecule has 90 valence electrons. The third-order valence-corrected chi connectivity index (χ3v) is 4.50. The van der Waals surface area contributed by atoms with E-state index < -0.39 is 0 Å². The van der Waals surface area contributed by atoms with E-state index in [0.29, 0.717) is 12.0 Å². The van der Waals surface area contributed by atoms with Gasteiger partial charge >= 0.3 is 0 Å². The van der Waals surface area contributed by atoms with E-state index in [1.807, 2.05) is 7.05 Å². The highest BCUT2D eigenvalue weighted by Gasteiger charge is 2.30. The Morgan fingerprint density at radius 3 is 3.12 bits per heavy atom. The summed E-state index contributed by atoms with van der Waals surface area (Å²) in [7, 11) is 1.99. The molecule has 17 heavy (non-hydrogen) atoms. The second kappa shape index (κ2) is 4.37. The highest BCUT2D eigenvalue weighted by molar-refractivity contribution is 7.18. The number of benzene rings is 1. The summed E-state index contributed by atoms with van der Waals surface area (Å²) in [4.78, 5) is 4.75. The van der Waals surface area contributed by atoms with Gasteiger partial charge in [-0.25, -0.2) is 4.98 Å². The predicted octanol–water partition coefficient (Wildman–Crippen LogP) is 2.31. The van der Waals surface area contributed by atoms with Crippen molar-refractivity contribution in [3.05, 3.63) is 28.8 Å². The quantitative estimate of drug-likeness (QED) is 0.885. The normalized spacial score (nSPS) is 24.6. The monoisotopic (exact) mass is 248 g/mol. The summed E-state index contributed by atoms with van der Waals surface area (Å²) < 4.78 is 6.81. The van der Waals surface area contributed by atoms with Gasteiger partial charge in [0.15, 0.2) is 0 Å². The fraction of sp³-hybridized carbons (Fsp3) is 0.462. The van der Waals surface area contributed by atoms with Crippen LogP contribution in [0.15, 0.2) is 18.2 Å². The lowest BCUT2D eigenvalue weighted by Crippen LogP contribution is -2.30. The molecule has 1 aliphatic heterocycles. The summed E-state index contributed by atoms with van der Waals surface area (Å²) in [6.45, 7) is 3.67. The van der Waals surface area contributed by atoms with Crippen molar-refractivity contribution in [2.24, 2.45) is 0 Å². The van der Waals surface area contributed by atoms with Crippen molar-refractivity contribution in [2.45, 2.75) is 18.9 Å². The van der Waals surface area contributed by atoms with E-state index in [4.69, 9.17) is 9.72 Å². The van der Waals surface area contributed by atoms with Crippen molar-refractivity contribution in [2.75, 3.05) is 20.3 Å². The van der Waals surface area contributed by atoms with Gasteiger partial charge in [0, 0.05) is 6.04 Å². The zero-order valence-electron chi connectivity index (χ0n) is 10.1. The third-order valence-electron chi connectivity index (χ3n) is 3.33. The predicted molar refractivity (Wildman–Crippen MR) is 70.8 cm³/mol. The van der Waals surface area contributed by atoms with Crippen LogP contribution in [0.1, 0.15) is 16.5 Å². The molecule has 1 N–H and O–H groups in total. The molecule has 4 heteroatoms. The summed E-state index contributed by atoms with van der Waals surface area (Å²) in [5, 5.41) is 4.51. The number of ether oxygens (including phenoxy) is 1. The minimum atomic E-state index is 0.400. The van der Waals surface area contributed by atoms with Gasteiger partial charge in [-0.3, -0.25) is 0 Å². The van der Waals surface area contributed by atoms with E-state index in [-0.39, 0.29) is 0 Å².